The number of halogens is 1. The average Bonchev–Trinajstić information content (AvgIpc) is 2.49. The highest BCUT2D eigenvalue weighted by Crippen LogP contribution is 2.27. The lowest BCUT2D eigenvalue weighted by Crippen LogP contribution is -2.36. The summed E-state index contributed by atoms with van der Waals surface area (Å²) in [6, 6.07) is 11.7. The van der Waals surface area contributed by atoms with Gasteiger partial charge in [-0.25, -0.2) is 0 Å². The lowest BCUT2D eigenvalue weighted by Gasteiger charge is -2.30. The van der Waals surface area contributed by atoms with Crippen molar-refractivity contribution >= 4 is 27.5 Å². The van der Waals surface area contributed by atoms with Crippen molar-refractivity contribution in [3.8, 4) is 0 Å². The summed E-state index contributed by atoms with van der Waals surface area (Å²) in [7, 11) is 0. The Kier molecular flexibility index (Phi) is 3.72. The minimum atomic E-state index is 0.0719. The van der Waals surface area contributed by atoms with Crippen LogP contribution in [0.3, 0.4) is 0 Å². The van der Waals surface area contributed by atoms with Crippen LogP contribution < -0.4 is 5.73 Å². The van der Waals surface area contributed by atoms with Gasteiger partial charge in [-0.3, -0.25) is 4.79 Å². The molecule has 2 N–H and O–H groups in total. The fraction of sp³-hybridized carbons (Fsp3) is 0.235. The molecule has 0 bridgehead atoms. The second-order valence-electron chi connectivity index (χ2n) is 5.37. The van der Waals surface area contributed by atoms with Gasteiger partial charge in [-0.05, 0) is 48.2 Å². The highest BCUT2D eigenvalue weighted by atomic mass is 79.9. The van der Waals surface area contributed by atoms with E-state index in [1.165, 1.54) is 5.56 Å². The van der Waals surface area contributed by atoms with Gasteiger partial charge in [-0.15, -0.1) is 0 Å². The third kappa shape index (κ3) is 2.56. The monoisotopic (exact) mass is 344 g/mol. The van der Waals surface area contributed by atoms with Gasteiger partial charge in [-0.1, -0.05) is 34.1 Å². The van der Waals surface area contributed by atoms with Crippen molar-refractivity contribution in [1.29, 1.82) is 0 Å². The number of rotatable bonds is 1. The molecule has 0 aliphatic carbocycles. The average molecular weight is 345 g/mol. The minimum absolute atomic E-state index is 0.0719. The molecular weight excluding hydrogens is 328 g/mol. The van der Waals surface area contributed by atoms with E-state index in [0.29, 0.717) is 6.54 Å². The number of nitrogens with two attached hydrogens (primary N) is 1. The molecule has 1 aliphatic rings. The summed E-state index contributed by atoms with van der Waals surface area (Å²) >= 11 is 3.49. The Hall–Kier alpha value is -1.81. The van der Waals surface area contributed by atoms with Crippen LogP contribution in [0.2, 0.25) is 0 Å². The molecular formula is C17H17BrN2O. The predicted molar refractivity (Wildman–Crippen MR) is 88.2 cm³/mol. The Bertz CT molecular complexity index is 712. The Morgan fingerprint density at radius 1 is 1.24 bits per heavy atom. The lowest BCUT2D eigenvalue weighted by atomic mass is 9.97. The van der Waals surface area contributed by atoms with Crippen molar-refractivity contribution < 1.29 is 4.79 Å². The maximum absolute atomic E-state index is 12.8. The number of fused-ring (bicyclic) bond motifs is 1. The van der Waals surface area contributed by atoms with E-state index in [1.54, 1.807) is 0 Å². The van der Waals surface area contributed by atoms with E-state index >= 15 is 0 Å². The molecule has 0 spiro atoms. The number of nitrogen functional groups attached to an aromatic ring is 1. The molecule has 0 radical (unpaired) electrons. The van der Waals surface area contributed by atoms with Gasteiger partial charge in [0.2, 0.25) is 0 Å². The van der Waals surface area contributed by atoms with Gasteiger partial charge in [0.1, 0.15) is 0 Å². The Balaban J connectivity index is 1.91. The van der Waals surface area contributed by atoms with Crippen molar-refractivity contribution in [1.82, 2.24) is 4.90 Å². The molecule has 0 saturated heterocycles. The number of carbonyl (C=O) groups is 1. The van der Waals surface area contributed by atoms with Gasteiger partial charge in [-0.2, -0.15) is 0 Å². The van der Waals surface area contributed by atoms with E-state index in [-0.39, 0.29) is 5.91 Å². The molecule has 108 valence electrons. The van der Waals surface area contributed by atoms with Crippen LogP contribution >= 0.6 is 15.9 Å². The van der Waals surface area contributed by atoms with Gasteiger partial charge < -0.3 is 10.6 Å². The largest absolute Gasteiger partial charge is 0.398 e. The van der Waals surface area contributed by atoms with Gasteiger partial charge in [0.15, 0.2) is 0 Å². The quantitative estimate of drug-likeness (QED) is 0.804. The van der Waals surface area contributed by atoms with Crippen LogP contribution in [0, 0.1) is 6.92 Å². The summed E-state index contributed by atoms with van der Waals surface area (Å²) in [5.41, 5.74) is 10.9. The van der Waals surface area contributed by atoms with Gasteiger partial charge >= 0.3 is 0 Å². The minimum Gasteiger partial charge on any atom is -0.398 e. The number of carbonyl (C=O) groups excluding carboxylic acids is 1. The van der Waals surface area contributed by atoms with E-state index in [9.17, 15) is 4.79 Å². The van der Waals surface area contributed by atoms with Crippen molar-refractivity contribution in [2.24, 2.45) is 0 Å². The van der Waals surface area contributed by atoms with Gasteiger partial charge in [0, 0.05) is 28.8 Å². The molecule has 1 heterocycles. The predicted octanol–water partition coefficient (Wildman–Crippen LogP) is 3.54. The molecule has 1 aliphatic heterocycles. The number of nitrogens with zero attached hydrogens (tertiary/aromatic N) is 1. The summed E-state index contributed by atoms with van der Waals surface area (Å²) in [6.07, 6.45) is 0.860. The second kappa shape index (κ2) is 5.53. The van der Waals surface area contributed by atoms with Crippen LogP contribution in [-0.4, -0.2) is 17.4 Å². The van der Waals surface area contributed by atoms with E-state index in [0.717, 1.165) is 39.8 Å². The maximum atomic E-state index is 12.8. The number of anilines is 1. The smallest absolute Gasteiger partial charge is 0.254 e. The summed E-state index contributed by atoms with van der Waals surface area (Å²) in [5.74, 6) is 0.0719. The molecule has 0 fully saturated rings. The number of hydrogen-bond acceptors (Lipinski definition) is 2. The summed E-state index contributed by atoms with van der Waals surface area (Å²) in [6.45, 7) is 3.29. The van der Waals surface area contributed by atoms with Crippen LogP contribution in [0.4, 0.5) is 5.69 Å². The zero-order valence-corrected chi connectivity index (χ0v) is 13.5. The van der Waals surface area contributed by atoms with Crippen LogP contribution in [0.5, 0.6) is 0 Å². The second-order valence-corrected chi connectivity index (χ2v) is 6.23. The third-order valence-electron chi connectivity index (χ3n) is 4.09. The SMILES string of the molecule is Cc1c(Br)cccc1C(=O)N1CCc2cccc(N)c2C1. The van der Waals surface area contributed by atoms with E-state index in [1.807, 2.05) is 42.2 Å². The highest BCUT2D eigenvalue weighted by molar-refractivity contribution is 9.10. The molecule has 1 amide bonds. The van der Waals surface area contributed by atoms with Crippen molar-refractivity contribution in [3.63, 3.8) is 0 Å². The van der Waals surface area contributed by atoms with E-state index in [4.69, 9.17) is 5.73 Å². The van der Waals surface area contributed by atoms with Crippen LogP contribution in [0.1, 0.15) is 27.0 Å². The molecule has 21 heavy (non-hydrogen) atoms. The number of hydrogen-bond donors (Lipinski definition) is 1. The van der Waals surface area contributed by atoms with Crippen LogP contribution in [0.15, 0.2) is 40.9 Å². The molecule has 0 aromatic heterocycles. The first-order valence-electron chi connectivity index (χ1n) is 6.98. The maximum Gasteiger partial charge on any atom is 0.254 e. The topological polar surface area (TPSA) is 46.3 Å². The van der Waals surface area contributed by atoms with Crippen LogP contribution in [-0.2, 0) is 13.0 Å². The molecule has 0 atom stereocenters. The Morgan fingerprint density at radius 2 is 2.00 bits per heavy atom. The van der Waals surface area contributed by atoms with Crippen molar-refractivity contribution in [3.05, 3.63) is 63.1 Å². The summed E-state index contributed by atoms with van der Waals surface area (Å²) in [4.78, 5) is 14.6. The van der Waals surface area contributed by atoms with Gasteiger partial charge in [0.25, 0.3) is 5.91 Å². The summed E-state index contributed by atoms with van der Waals surface area (Å²) in [5, 5.41) is 0. The molecule has 0 saturated carbocycles. The molecule has 2 aromatic carbocycles. The first-order chi connectivity index (χ1) is 10.1. The van der Waals surface area contributed by atoms with Crippen molar-refractivity contribution in [2.75, 3.05) is 12.3 Å². The Labute approximate surface area is 132 Å². The normalized spacial score (nSPS) is 13.9. The van der Waals surface area contributed by atoms with Crippen LogP contribution in [0.25, 0.3) is 0 Å². The fourth-order valence-electron chi connectivity index (χ4n) is 2.79. The summed E-state index contributed by atoms with van der Waals surface area (Å²) < 4.78 is 0.963. The number of benzene rings is 2. The fourth-order valence-corrected chi connectivity index (χ4v) is 3.16. The lowest BCUT2D eigenvalue weighted by molar-refractivity contribution is 0.0734. The van der Waals surface area contributed by atoms with Gasteiger partial charge in [0.05, 0.1) is 0 Å². The molecule has 3 nitrogen and oxygen atoms in total. The van der Waals surface area contributed by atoms with E-state index in [2.05, 4.69) is 22.0 Å². The molecule has 2 aromatic rings. The number of amides is 1. The first-order valence-corrected chi connectivity index (χ1v) is 7.78. The molecule has 0 unspecified atom stereocenters. The first kappa shape index (κ1) is 14.1. The highest BCUT2D eigenvalue weighted by Gasteiger charge is 2.24. The zero-order chi connectivity index (χ0) is 15.0. The standard InChI is InChI=1S/C17H17BrN2O/c1-11-13(5-3-6-15(11)18)17(21)20-9-8-12-4-2-7-16(19)14(12)10-20/h2-7H,8-10,19H2,1H3. The third-order valence-corrected chi connectivity index (χ3v) is 4.95. The molecule has 3 rings (SSSR count). The van der Waals surface area contributed by atoms with Crippen molar-refractivity contribution in [2.45, 2.75) is 19.9 Å². The zero-order valence-electron chi connectivity index (χ0n) is 11.9. The molecule has 4 heteroatoms. The van der Waals surface area contributed by atoms with E-state index < -0.39 is 0 Å². The Morgan fingerprint density at radius 3 is 2.81 bits per heavy atom.